The summed E-state index contributed by atoms with van der Waals surface area (Å²) in [5.74, 6) is -0.597. The smallest absolute Gasteiger partial charge is 0.353 e. The summed E-state index contributed by atoms with van der Waals surface area (Å²) in [7, 11) is 0. The molecule has 2 aromatic rings. The van der Waals surface area contributed by atoms with Crippen LogP contribution in [0.2, 0.25) is 0 Å². The van der Waals surface area contributed by atoms with Gasteiger partial charge in [-0.25, -0.2) is 9.31 Å². The van der Waals surface area contributed by atoms with Gasteiger partial charge in [0.1, 0.15) is 17.7 Å². The first-order valence-electron chi connectivity index (χ1n) is 7.35. The van der Waals surface area contributed by atoms with Gasteiger partial charge in [-0.3, -0.25) is 9.69 Å². The van der Waals surface area contributed by atoms with Gasteiger partial charge in [0.25, 0.3) is 5.91 Å². The Morgan fingerprint density at radius 3 is 3.21 bits per heavy atom. The fourth-order valence-corrected chi connectivity index (χ4v) is 4.26. The maximum Gasteiger partial charge on any atom is 0.353 e. The average Bonchev–Trinajstić information content (AvgIpc) is 3.22. The summed E-state index contributed by atoms with van der Waals surface area (Å²) in [6.45, 7) is 1.08. The molecule has 0 aromatic carbocycles. The minimum atomic E-state index is -1.09. The van der Waals surface area contributed by atoms with Gasteiger partial charge < -0.3 is 14.3 Å². The number of carbonyl (C=O) groups excluding carboxylic acids is 1. The highest BCUT2D eigenvalue weighted by Gasteiger charge is 2.49. The highest BCUT2D eigenvalue weighted by molar-refractivity contribution is 8.03. The van der Waals surface area contributed by atoms with Gasteiger partial charge in [0.15, 0.2) is 5.76 Å². The van der Waals surface area contributed by atoms with Gasteiger partial charge in [-0.15, -0.1) is 11.8 Å². The molecule has 0 unspecified atom stereocenters. The Bertz CT molecular complexity index is 969. The number of nitrogens with zero attached hydrogens (tertiary/aromatic N) is 3. The van der Waals surface area contributed by atoms with E-state index in [9.17, 15) is 9.59 Å². The summed E-state index contributed by atoms with van der Waals surface area (Å²) in [5, 5.41) is 14.8. The summed E-state index contributed by atoms with van der Waals surface area (Å²) in [4.78, 5) is 24.6. The van der Waals surface area contributed by atoms with E-state index in [1.165, 1.54) is 22.1 Å². The molecule has 0 radical (unpaired) electrons. The van der Waals surface area contributed by atoms with Gasteiger partial charge in [-0.2, -0.15) is 5.10 Å². The van der Waals surface area contributed by atoms with Crippen LogP contribution in [0.3, 0.4) is 0 Å². The normalized spacial score (nSPS) is 24.1. The molecule has 0 saturated carbocycles. The van der Waals surface area contributed by atoms with E-state index in [0.717, 1.165) is 17.9 Å². The molecule has 1 N–H and O–H groups in total. The summed E-state index contributed by atoms with van der Waals surface area (Å²) < 4.78 is 12.8. The third-order valence-corrected chi connectivity index (χ3v) is 5.36. The SMILES string of the molecule is O=C(O)C1=CS[C@@H]2C(=Cc3cc4oc5c(n4n3)CCOC5)C(=O)N12. The molecular weight excluding hydrogens is 334 g/mol. The van der Waals surface area contributed by atoms with E-state index < -0.39 is 5.97 Å². The monoisotopic (exact) mass is 345 g/mol. The zero-order valence-corrected chi connectivity index (χ0v) is 13.1. The second-order valence-electron chi connectivity index (χ2n) is 5.67. The molecule has 1 atom stereocenters. The Labute approximate surface area is 139 Å². The van der Waals surface area contributed by atoms with Crippen LogP contribution < -0.4 is 0 Å². The number of ether oxygens (including phenoxy) is 1. The van der Waals surface area contributed by atoms with Crippen LogP contribution in [0.15, 0.2) is 27.2 Å². The topological polar surface area (TPSA) is 97.3 Å². The van der Waals surface area contributed by atoms with Crippen molar-refractivity contribution in [2.75, 3.05) is 6.61 Å². The van der Waals surface area contributed by atoms with Crippen LogP contribution in [0.25, 0.3) is 11.8 Å². The highest BCUT2D eigenvalue weighted by atomic mass is 32.2. The van der Waals surface area contributed by atoms with Crippen molar-refractivity contribution in [2.24, 2.45) is 0 Å². The minimum Gasteiger partial charge on any atom is -0.477 e. The molecule has 1 amide bonds. The van der Waals surface area contributed by atoms with Crippen LogP contribution in [-0.4, -0.2) is 43.5 Å². The molecule has 3 aliphatic heterocycles. The van der Waals surface area contributed by atoms with E-state index in [1.54, 1.807) is 16.7 Å². The van der Waals surface area contributed by atoms with E-state index in [1.807, 2.05) is 0 Å². The fraction of sp³-hybridized carbons (Fsp3) is 0.267. The molecule has 0 bridgehead atoms. The Balaban J connectivity index is 1.47. The Hall–Kier alpha value is -2.52. The molecule has 8 nitrogen and oxygen atoms in total. The quantitative estimate of drug-likeness (QED) is 0.646. The van der Waals surface area contributed by atoms with Crippen molar-refractivity contribution >= 4 is 35.4 Å². The largest absolute Gasteiger partial charge is 0.477 e. The second kappa shape index (κ2) is 4.74. The van der Waals surface area contributed by atoms with Gasteiger partial charge in [0.2, 0.25) is 5.71 Å². The van der Waals surface area contributed by atoms with Crippen molar-refractivity contribution in [1.29, 1.82) is 0 Å². The van der Waals surface area contributed by atoms with Crippen molar-refractivity contribution < 1.29 is 23.8 Å². The number of hydrogen-bond donors (Lipinski definition) is 1. The van der Waals surface area contributed by atoms with Gasteiger partial charge in [-0.05, 0) is 6.08 Å². The van der Waals surface area contributed by atoms with E-state index in [4.69, 9.17) is 14.3 Å². The predicted molar refractivity (Wildman–Crippen MR) is 82.7 cm³/mol. The van der Waals surface area contributed by atoms with E-state index in [0.29, 0.717) is 30.2 Å². The van der Waals surface area contributed by atoms with Crippen molar-refractivity contribution in [1.82, 2.24) is 14.5 Å². The number of oxazole rings is 1. The summed E-state index contributed by atoms with van der Waals surface area (Å²) >= 11 is 1.31. The molecule has 24 heavy (non-hydrogen) atoms. The van der Waals surface area contributed by atoms with Gasteiger partial charge in [0.05, 0.1) is 23.6 Å². The number of rotatable bonds is 2. The van der Waals surface area contributed by atoms with E-state index >= 15 is 0 Å². The lowest BCUT2D eigenvalue weighted by Gasteiger charge is -2.36. The van der Waals surface area contributed by atoms with Crippen LogP contribution in [0.4, 0.5) is 0 Å². The molecule has 0 aliphatic carbocycles. The number of aliphatic carboxylic acids is 1. The van der Waals surface area contributed by atoms with Crippen LogP contribution in [0.1, 0.15) is 17.1 Å². The Morgan fingerprint density at radius 1 is 1.50 bits per heavy atom. The molecule has 2 aromatic heterocycles. The number of fused-ring (bicyclic) bond motifs is 4. The molecule has 3 aliphatic rings. The summed E-state index contributed by atoms with van der Waals surface area (Å²) in [6.07, 6.45) is 2.43. The molecule has 5 heterocycles. The molecule has 9 heteroatoms. The van der Waals surface area contributed by atoms with Crippen molar-refractivity contribution in [3.63, 3.8) is 0 Å². The zero-order valence-electron chi connectivity index (χ0n) is 12.3. The lowest BCUT2D eigenvalue weighted by atomic mass is 10.0. The first kappa shape index (κ1) is 13.9. The Morgan fingerprint density at radius 2 is 2.38 bits per heavy atom. The van der Waals surface area contributed by atoms with Gasteiger partial charge in [0, 0.05) is 17.9 Å². The Kier molecular flexibility index (Phi) is 2.74. The van der Waals surface area contributed by atoms with Crippen LogP contribution in [-0.2, 0) is 27.4 Å². The molecule has 1 fully saturated rings. The van der Waals surface area contributed by atoms with Crippen molar-refractivity contribution in [3.8, 4) is 0 Å². The zero-order chi connectivity index (χ0) is 16.4. The van der Waals surface area contributed by atoms with Crippen LogP contribution in [0.5, 0.6) is 0 Å². The lowest BCUT2D eigenvalue weighted by molar-refractivity contribution is -0.141. The number of thioether (sulfide) groups is 1. The highest BCUT2D eigenvalue weighted by Crippen LogP contribution is 2.45. The number of carbonyl (C=O) groups is 2. The average molecular weight is 345 g/mol. The number of amides is 1. The third-order valence-electron chi connectivity index (χ3n) is 4.27. The molecule has 1 saturated heterocycles. The third kappa shape index (κ3) is 1.76. The summed E-state index contributed by atoms with van der Waals surface area (Å²) in [6, 6.07) is 1.77. The van der Waals surface area contributed by atoms with E-state index in [2.05, 4.69) is 5.10 Å². The van der Waals surface area contributed by atoms with Gasteiger partial charge in [-0.1, -0.05) is 0 Å². The number of hydrogen-bond acceptors (Lipinski definition) is 6. The minimum absolute atomic E-state index is 0.0276. The van der Waals surface area contributed by atoms with Crippen molar-refractivity contribution in [2.45, 2.75) is 18.4 Å². The number of carboxylic acids is 1. The van der Waals surface area contributed by atoms with Crippen molar-refractivity contribution in [3.05, 3.63) is 39.9 Å². The maximum absolute atomic E-state index is 12.2. The molecule has 5 rings (SSSR count). The van der Waals surface area contributed by atoms with Crippen LogP contribution in [0, 0.1) is 0 Å². The summed E-state index contributed by atoms with van der Waals surface area (Å²) in [5.41, 5.74) is 2.80. The molecular formula is C15H11N3O5S. The predicted octanol–water partition coefficient (Wildman–Crippen LogP) is 1.22. The lowest BCUT2D eigenvalue weighted by Crippen LogP contribution is -2.51. The molecule has 0 spiro atoms. The molecule has 122 valence electrons. The van der Waals surface area contributed by atoms with Gasteiger partial charge >= 0.3 is 5.97 Å². The van der Waals surface area contributed by atoms with Crippen LogP contribution >= 0.6 is 11.8 Å². The van der Waals surface area contributed by atoms with E-state index in [-0.39, 0.29) is 17.0 Å². The first-order chi connectivity index (χ1) is 11.6. The number of aromatic nitrogens is 2. The number of β-lactam (4-membered cyclic amide) rings is 1. The number of carboxylic acid groups (broad SMARTS) is 1. The first-order valence-corrected chi connectivity index (χ1v) is 8.30. The maximum atomic E-state index is 12.2. The fourth-order valence-electron chi connectivity index (χ4n) is 3.14. The standard InChI is InChI=1S/C15H11N3O5S/c19-13-8(14-17(13)10(6-24-14)15(20)21)3-7-4-12-18(16-7)9-1-2-22-5-11(9)23-12/h3-4,6,14H,1-2,5H2,(H,20,21)/t14-/m1/s1. The second-order valence-corrected chi connectivity index (χ2v) is 6.62.